The summed E-state index contributed by atoms with van der Waals surface area (Å²) in [4.78, 5) is 0. The van der Waals surface area contributed by atoms with Gasteiger partial charge in [0.25, 0.3) is 0 Å². The van der Waals surface area contributed by atoms with Crippen molar-refractivity contribution in [3.8, 4) is 0 Å². The number of hydrogen-bond acceptors (Lipinski definition) is 3. The van der Waals surface area contributed by atoms with Crippen LogP contribution in [0.25, 0.3) is 0 Å². The number of nitrogens with one attached hydrogen (secondary N) is 1. The minimum Gasteiger partial charge on any atom is -0.381 e. The van der Waals surface area contributed by atoms with Crippen LogP contribution in [0.4, 0.5) is 0 Å². The van der Waals surface area contributed by atoms with Gasteiger partial charge < -0.3 is 9.84 Å². The molecule has 0 bridgehead atoms. The molecule has 3 nitrogen and oxygen atoms in total. The van der Waals surface area contributed by atoms with Crippen molar-refractivity contribution in [2.75, 3.05) is 19.8 Å². The fraction of sp³-hybridized carbons (Fsp3) is 1.00. The van der Waals surface area contributed by atoms with Crippen LogP contribution in [0.2, 0.25) is 0 Å². The monoisotopic (exact) mass is 231 g/mol. The Labute approximate surface area is 101 Å². The predicted octanol–water partition coefficient (Wildman–Crippen LogP) is 2.39. The second-order valence-corrected chi connectivity index (χ2v) is 4.62. The SMILES string of the molecule is CCCNC(O)[C@@H](CC)COC[C@H](C)CC. The van der Waals surface area contributed by atoms with Crippen molar-refractivity contribution in [2.45, 2.75) is 53.2 Å². The Balaban J connectivity index is 3.72. The summed E-state index contributed by atoms with van der Waals surface area (Å²) in [6.45, 7) is 10.9. The van der Waals surface area contributed by atoms with Gasteiger partial charge in [-0.15, -0.1) is 0 Å². The van der Waals surface area contributed by atoms with Crippen molar-refractivity contribution in [2.24, 2.45) is 11.8 Å². The molecule has 0 spiro atoms. The van der Waals surface area contributed by atoms with E-state index in [4.69, 9.17) is 4.74 Å². The van der Waals surface area contributed by atoms with Crippen molar-refractivity contribution in [1.29, 1.82) is 0 Å². The first-order valence-electron chi connectivity index (χ1n) is 6.64. The molecule has 0 aliphatic rings. The molecule has 0 aliphatic carbocycles. The first-order chi connectivity index (χ1) is 7.65. The first kappa shape index (κ1) is 15.9. The zero-order valence-electron chi connectivity index (χ0n) is 11.3. The summed E-state index contributed by atoms with van der Waals surface area (Å²) in [5.74, 6) is 0.814. The molecule has 3 heteroatoms. The number of ether oxygens (including phenoxy) is 1. The molecule has 98 valence electrons. The molecule has 0 radical (unpaired) electrons. The summed E-state index contributed by atoms with van der Waals surface area (Å²) in [7, 11) is 0. The average Bonchev–Trinajstić information content (AvgIpc) is 2.31. The molecule has 0 aliphatic heterocycles. The van der Waals surface area contributed by atoms with E-state index >= 15 is 0 Å². The highest BCUT2D eigenvalue weighted by Crippen LogP contribution is 2.09. The highest BCUT2D eigenvalue weighted by molar-refractivity contribution is 4.65. The van der Waals surface area contributed by atoms with Crippen molar-refractivity contribution in [1.82, 2.24) is 5.32 Å². The van der Waals surface area contributed by atoms with E-state index in [9.17, 15) is 5.11 Å². The first-order valence-corrected chi connectivity index (χ1v) is 6.64. The van der Waals surface area contributed by atoms with Gasteiger partial charge in [-0.25, -0.2) is 0 Å². The van der Waals surface area contributed by atoms with Gasteiger partial charge in [-0.05, 0) is 25.3 Å². The summed E-state index contributed by atoms with van der Waals surface area (Å²) in [6, 6.07) is 0. The third-order valence-electron chi connectivity index (χ3n) is 3.01. The quantitative estimate of drug-likeness (QED) is 0.567. The van der Waals surface area contributed by atoms with E-state index in [0.717, 1.165) is 32.4 Å². The van der Waals surface area contributed by atoms with Crippen molar-refractivity contribution < 1.29 is 9.84 Å². The van der Waals surface area contributed by atoms with E-state index in [1.807, 2.05) is 0 Å². The van der Waals surface area contributed by atoms with Gasteiger partial charge in [-0.2, -0.15) is 0 Å². The minimum atomic E-state index is -0.429. The largest absolute Gasteiger partial charge is 0.381 e. The van der Waals surface area contributed by atoms with Crippen LogP contribution in [-0.2, 0) is 4.74 Å². The van der Waals surface area contributed by atoms with Crippen LogP contribution in [0.5, 0.6) is 0 Å². The van der Waals surface area contributed by atoms with E-state index in [1.165, 1.54) is 0 Å². The molecular weight excluding hydrogens is 202 g/mol. The summed E-state index contributed by atoms with van der Waals surface area (Å²) in [6.07, 6.45) is 2.70. The zero-order chi connectivity index (χ0) is 12.4. The van der Waals surface area contributed by atoms with Crippen LogP contribution in [0.3, 0.4) is 0 Å². The molecule has 0 fully saturated rings. The lowest BCUT2D eigenvalue weighted by molar-refractivity contribution is 0.000967. The van der Waals surface area contributed by atoms with Crippen LogP contribution >= 0.6 is 0 Å². The molecule has 0 heterocycles. The van der Waals surface area contributed by atoms with Crippen LogP contribution in [-0.4, -0.2) is 31.1 Å². The second kappa shape index (κ2) is 10.1. The van der Waals surface area contributed by atoms with Crippen LogP contribution in [0, 0.1) is 11.8 Å². The van der Waals surface area contributed by atoms with E-state index in [1.54, 1.807) is 0 Å². The minimum absolute atomic E-state index is 0.204. The maximum Gasteiger partial charge on any atom is 0.109 e. The lowest BCUT2D eigenvalue weighted by Crippen LogP contribution is -2.38. The van der Waals surface area contributed by atoms with Gasteiger partial charge in [0.15, 0.2) is 0 Å². The van der Waals surface area contributed by atoms with Gasteiger partial charge in [-0.1, -0.05) is 34.1 Å². The van der Waals surface area contributed by atoms with Crippen LogP contribution in [0.1, 0.15) is 47.0 Å². The predicted molar refractivity (Wildman–Crippen MR) is 68.4 cm³/mol. The molecule has 0 saturated heterocycles. The van der Waals surface area contributed by atoms with Gasteiger partial charge >= 0.3 is 0 Å². The number of hydrogen-bond donors (Lipinski definition) is 2. The van der Waals surface area contributed by atoms with E-state index in [-0.39, 0.29) is 5.92 Å². The molecular formula is C13H29NO2. The highest BCUT2D eigenvalue weighted by Gasteiger charge is 2.16. The smallest absolute Gasteiger partial charge is 0.109 e. The maximum absolute atomic E-state index is 9.87. The zero-order valence-corrected chi connectivity index (χ0v) is 11.3. The summed E-state index contributed by atoms with van der Waals surface area (Å²) in [5.41, 5.74) is 0. The van der Waals surface area contributed by atoms with Gasteiger partial charge in [0, 0.05) is 12.5 Å². The van der Waals surface area contributed by atoms with E-state index < -0.39 is 6.23 Å². The normalized spacial score (nSPS) is 17.1. The molecule has 0 aromatic heterocycles. The van der Waals surface area contributed by atoms with Gasteiger partial charge in [0.1, 0.15) is 6.23 Å². The molecule has 0 saturated carbocycles. The standard InChI is InChI=1S/C13H29NO2/c1-5-8-14-13(15)12(7-3)10-16-9-11(4)6-2/h11-15H,5-10H2,1-4H3/t11-,12+,13?/m1/s1. The van der Waals surface area contributed by atoms with E-state index in [2.05, 4.69) is 33.0 Å². The van der Waals surface area contributed by atoms with Crippen molar-refractivity contribution in [3.05, 3.63) is 0 Å². The molecule has 0 aromatic rings. The summed E-state index contributed by atoms with van der Waals surface area (Å²) >= 11 is 0. The molecule has 16 heavy (non-hydrogen) atoms. The Kier molecular flexibility index (Phi) is 9.99. The lowest BCUT2D eigenvalue weighted by atomic mass is 10.1. The Bertz CT molecular complexity index is 153. The Hall–Kier alpha value is -0.120. The summed E-state index contributed by atoms with van der Waals surface area (Å²) < 4.78 is 5.64. The number of rotatable bonds is 10. The van der Waals surface area contributed by atoms with Crippen molar-refractivity contribution in [3.63, 3.8) is 0 Å². The fourth-order valence-corrected chi connectivity index (χ4v) is 1.43. The Morgan fingerprint density at radius 1 is 1.12 bits per heavy atom. The highest BCUT2D eigenvalue weighted by atomic mass is 16.5. The molecule has 1 unspecified atom stereocenters. The molecule has 0 aromatic carbocycles. The topological polar surface area (TPSA) is 41.5 Å². The maximum atomic E-state index is 9.87. The number of aliphatic hydroxyl groups excluding tert-OH is 1. The second-order valence-electron chi connectivity index (χ2n) is 4.62. The van der Waals surface area contributed by atoms with Gasteiger partial charge in [0.05, 0.1) is 6.61 Å². The average molecular weight is 231 g/mol. The van der Waals surface area contributed by atoms with Gasteiger partial charge in [0.2, 0.25) is 0 Å². The molecule has 0 amide bonds. The third-order valence-corrected chi connectivity index (χ3v) is 3.01. The Morgan fingerprint density at radius 3 is 2.31 bits per heavy atom. The van der Waals surface area contributed by atoms with E-state index in [0.29, 0.717) is 12.5 Å². The van der Waals surface area contributed by atoms with Crippen LogP contribution < -0.4 is 5.32 Å². The fourth-order valence-electron chi connectivity index (χ4n) is 1.43. The summed E-state index contributed by atoms with van der Waals surface area (Å²) in [5, 5.41) is 13.0. The van der Waals surface area contributed by atoms with Crippen molar-refractivity contribution >= 4 is 0 Å². The number of aliphatic hydroxyl groups is 1. The lowest BCUT2D eigenvalue weighted by Gasteiger charge is -2.23. The van der Waals surface area contributed by atoms with Gasteiger partial charge in [-0.3, -0.25) is 5.32 Å². The molecule has 3 atom stereocenters. The molecule has 2 N–H and O–H groups in total. The Morgan fingerprint density at radius 2 is 1.81 bits per heavy atom. The van der Waals surface area contributed by atoms with Crippen LogP contribution in [0.15, 0.2) is 0 Å². The molecule has 0 rings (SSSR count). The third kappa shape index (κ3) is 7.20.